The third-order valence-corrected chi connectivity index (χ3v) is 7.82. The van der Waals surface area contributed by atoms with E-state index in [1.54, 1.807) is 11.2 Å². The zero-order valence-corrected chi connectivity index (χ0v) is 13.8. The number of H-pyrrole nitrogens is 1. The van der Waals surface area contributed by atoms with Gasteiger partial charge in [0.2, 0.25) is 0 Å². The van der Waals surface area contributed by atoms with Crippen LogP contribution in [0.5, 0.6) is 0 Å². The van der Waals surface area contributed by atoms with E-state index in [1.165, 1.54) is 12.8 Å². The van der Waals surface area contributed by atoms with E-state index in [0.29, 0.717) is 24.8 Å². The predicted molar refractivity (Wildman–Crippen MR) is 82.3 cm³/mol. The van der Waals surface area contributed by atoms with Crippen molar-refractivity contribution in [1.82, 2.24) is 14.2 Å². The van der Waals surface area contributed by atoms with Crippen LogP contribution in [0.2, 0.25) is 0 Å². The Balaban J connectivity index is 1.81. The van der Waals surface area contributed by atoms with Gasteiger partial charge in [-0.25, -0.2) is 8.42 Å². The van der Waals surface area contributed by atoms with Crippen LogP contribution in [0.25, 0.3) is 0 Å². The molecule has 2 aliphatic heterocycles. The lowest BCUT2D eigenvalue weighted by Crippen LogP contribution is -2.48. The minimum atomic E-state index is -3.54. The lowest BCUT2D eigenvalue weighted by atomic mass is 10.1. The van der Waals surface area contributed by atoms with Crippen molar-refractivity contribution in [3.05, 3.63) is 15.4 Å². The number of aromatic nitrogens is 1. The smallest absolute Gasteiger partial charge is 0.305 e. The molecule has 0 aliphatic carbocycles. The first-order chi connectivity index (χ1) is 9.98. The van der Waals surface area contributed by atoms with Gasteiger partial charge in [-0.15, -0.1) is 0 Å². The molecule has 8 heteroatoms. The third-order valence-electron chi connectivity index (χ3n) is 4.37. The van der Waals surface area contributed by atoms with E-state index in [2.05, 4.69) is 9.88 Å². The van der Waals surface area contributed by atoms with E-state index in [-0.39, 0.29) is 9.08 Å². The summed E-state index contributed by atoms with van der Waals surface area (Å²) in [5, 5.41) is 0. The Morgan fingerprint density at radius 1 is 1.19 bits per heavy atom. The maximum Gasteiger partial charge on any atom is 0.305 e. The van der Waals surface area contributed by atoms with Gasteiger partial charge in [-0.3, -0.25) is 9.69 Å². The molecule has 6 nitrogen and oxygen atoms in total. The zero-order valence-electron chi connectivity index (χ0n) is 12.2. The van der Waals surface area contributed by atoms with Crippen molar-refractivity contribution in [3.8, 4) is 0 Å². The van der Waals surface area contributed by atoms with Gasteiger partial charge in [0.1, 0.15) is 0 Å². The molecular formula is C13H21N3O3S2. The van der Waals surface area contributed by atoms with Crippen molar-refractivity contribution in [1.29, 1.82) is 0 Å². The van der Waals surface area contributed by atoms with Crippen LogP contribution in [0.4, 0.5) is 0 Å². The van der Waals surface area contributed by atoms with Gasteiger partial charge in [-0.2, -0.15) is 4.31 Å². The van der Waals surface area contributed by atoms with Crippen LogP contribution in [-0.2, 0) is 10.0 Å². The molecule has 1 aromatic rings. The summed E-state index contributed by atoms with van der Waals surface area (Å²) in [5.41, 5.74) is 0.452. The molecule has 0 aromatic carbocycles. The molecule has 2 aliphatic rings. The Labute approximate surface area is 128 Å². The summed E-state index contributed by atoms with van der Waals surface area (Å²) in [6.07, 6.45) is 4.37. The molecule has 0 amide bonds. The number of nitrogens with one attached hydrogen (secondary N) is 1. The molecule has 2 saturated heterocycles. The molecule has 3 heterocycles. The summed E-state index contributed by atoms with van der Waals surface area (Å²) in [6.45, 7) is 4.91. The first kappa shape index (κ1) is 15.2. The monoisotopic (exact) mass is 331 g/mol. The lowest BCUT2D eigenvalue weighted by molar-refractivity contribution is 0.162. The molecule has 2 fully saturated rings. The lowest BCUT2D eigenvalue weighted by Gasteiger charge is -2.36. The maximum atomic E-state index is 12.7. The van der Waals surface area contributed by atoms with Crippen LogP contribution in [0, 0.1) is 6.92 Å². The fourth-order valence-electron chi connectivity index (χ4n) is 3.30. The first-order valence-corrected chi connectivity index (χ1v) is 9.68. The fraction of sp³-hybridized carbons (Fsp3) is 0.769. The zero-order chi connectivity index (χ0) is 15.0. The number of rotatable bonds is 3. The SMILES string of the molecule is Cc1[nH]c(=O)sc1S(=O)(=O)N1CCCC(N2CCCC2)C1. The molecule has 0 saturated carbocycles. The molecule has 0 spiro atoms. The largest absolute Gasteiger partial charge is 0.315 e. The second kappa shape index (κ2) is 5.83. The maximum absolute atomic E-state index is 12.7. The number of likely N-dealkylation sites (tertiary alicyclic amines) is 1. The fourth-order valence-corrected chi connectivity index (χ4v) is 6.25. The third kappa shape index (κ3) is 2.94. The highest BCUT2D eigenvalue weighted by atomic mass is 32.2. The number of piperidine rings is 1. The van der Waals surface area contributed by atoms with Gasteiger partial charge in [-0.05, 0) is 45.7 Å². The van der Waals surface area contributed by atoms with E-state index < -0.39 is 10.0 Å². The number of aryl methyl sites for hydroxylation is 1. The van der Waals surface area contributed by atoms with Crippen LogP contribution in [0.3, 0.4) is 0 Å². The Kier molecular flexibility index (Phi) is 4.22. The Bertz CT molecular complexity index is 658. The van der Waals surface area contributed by atoms with Crippen molar-refractivity contribution in [2.75, 3.05) is 26.2 Å². The second-order valence-corrected chi connectivity index (χ2v) is 8.95. The number of sulfonamides is 1. The summed E-state index contributed by atoms with van der Waals surface area (Å²) < 4.78 is 27.2. The highest BCUT2D eigenvalue weighted by Crippen LogP contribution is 2.27. The van der Waals surface area contributed by atoms with Crippen LogP contribution >= 0.6 is 11.3 Å². The van der Waals surface area contributed by atoms with E-state index in [9.17, 15) is 13.2 Å². The number of hydrogen-bond acceptors (Lipinski definition) is 5. The summed E-state index contributed by atoms with van der Waals surface area (Å²) in [4.78, 5) is 16.1. The average molecular weight is 331 g/mol. The van der Waals surface area contributed by atoms with Crippen molar-refractivity contribution in [2.45, 2.75) is 42.9 Å². The Hall–Kier alpha value is -0.700. The summed E-state index contributed by atoms with van der Waals surface area (Å²) >= 11 is 0.794. The van der Waals surface area contributed by atoms with E-state index >= 15 is 0 Å². The predicted octanol–water partition coefficient (Wildman–Crippen LogP) is 0.994. The van der Waals surface area contributed by atoms with Gasteiger partial charge >= 0.3 is 4.87 Å². The Morgan fingerprint density at radius 2 is 1.90 bits per heavy atom. The van der Waals surface area contributed by atoms with Gasteiger partial charge in [0.05, 0.1) is 0 Å². The van der Waals surface area contributed by atoms with E-state index in [1.807, 2.05) is 0 Å². The second-order valence-electron chi connectivity index (χ2n) is 5.83. The molecular weight excluding hydrogens is 310 g/mol. The van der Waals surface area contributed by atoms with Gasteiger partial charge in [0, 0.05) is 24.8 Å². The summed E-state index contributed by atoms with van der Waals surface area (Å²) in [6, 6.07) is 0.326. The van der Waals surface area contributed by atoms with Crippen molar-refractivity contribution >= 4 is 21.4 Å². The van der Waals surface area contributed by atoms with Gasteiger partial charge in [-0.1, -0.05) is 11.3 Å². The van der Waals surface area contributed by atoms with Gasteiger partial charge in [0.15, 0.2) is 4.21 Å². The van der Waals surface area contributed by atoms with Crippen LogP contribution in [0.15, 0.2) is 9.00 Å². The number of hydrogen-bond donors (Lipinski definition) is 1. The molecule has 118 valence electrons. The molecule has 0 bridgehead atoms. The molecule has 1 N–H and O–H groups in total. The number of aromatic amines is 1. The molecule has 1 aromatic heterocycles. The first-order valence-electron chi connectivity index (χ1n) is 7.42. The normalized spacial score (nSPS) is 25.5. The van der Waals surface area contributed by atoms with Crippen molar-refractivity contribution in [2.24, 2.45) is 0 Å². The summed E-state index contributed by atoms with van der Waals surface area (Å²) in [5.74, 6) is 0. The van der Waals surface area contributed by atoms with Crippen LogP contribution in [-0.4, -0.2) is 54.8 Å². The van der Waals surface area contributed by atoms with Crippen LogP contribution in [0.1, 0.15) is 31.4 Å². The van der Waals surface area contributed by atoms with E-state index in [4.69, 9.17) is 0 Å². The van der Waals surface area contributed by atoms with E-state index in [0.717, 1.165) is 37.3 Å². The standard InChI is InChI=1S/C13H21N3O3S2/c1-10-12(20-13(17)14-10)21(18,19)16-8-4-5-11(9-16)15-6-2-3-7-15/h11H,2-9H2,1H3,(H,14,17). The van der Waals surface area contributed by atoms with Crippen molar-refractivity contribution < 1.29 is 8.42 Å². The topological polar surface area (TPSA) is 73.5 Å². The minimum Gasteiger partial charge on any atom is -0.315 e. The average Bonchev–Trinajstić information content (AvgIpc) is 3.09. The van der Waals surface area contributed by atoms with Crippen LogP contribution < -0.4 is 4.87 Å². The Morgan fingerprint density at radius 3 is 2.52 bits per heavy atom. The highest BCUT2D eigenvalue weighted by molar-refractivity contribution is 7.91. The number of thiazole rings is 1. The summed E-state index contributed by atoms with van der Waals surface area (Å²) in [7, 11) is -3.54. The molecule has 1 unspecified atom stereocenters. The molecule has 1 atom stereocenters. The highest BCUT2D eigenvalue weighted by Gasteiger charge is 2.35. The minimum absolute atomic E-state index is 0.176. The van der Waals surface area contributed by atoms with Crippen molar-refractivity contribution in [3.63, 3.8) is 0 Å². The number of nitrogens with zero attached hydrogens (tertiary/aromatic N) is 2. The van der Waals surface area contributed by atoms with Gasteiger partial charge in [0.25, 0.3) is 10.0 Å². The van der Waals surface area contributed by atoms with Gasteiger partial charge < -0.3 is 4.98 Å². The molecule has 3 rings (SSSR count). The molecule has 0 radical (unpaired) electrons. The quantitative estimate of drug-likeness (QED) is 0.896. The molecule has 21 heavy (non-hydrogen) atoms.